The number of nitrogens with zero attached hydrogens (tertiary/aromatic N) is 5. The van der Waals surface area contributed by atoms with Crippen LogP contribution in [0.4, 0.5) is 5.82 Å². The van der Waals surface area contributed by atoms with Gasteiger partial charge in [-0.05, 0) is 38.7 Å². The maximum absolute atomic E-state index is 12.6. The van der Waals surface area contributed by atoms with Gasteiger partial charge in [0.1, 0.15) is 11.5 Å². The van der Waals surface area contributed by atoms with Crippen LogP contribution in [-0.2, 0) is 0 Å². The van der Waals surface area contributed by atoms with Gasteiger partial charge in [0, 0.05) is 47.7 Å². The molecule has 0 amide bonds. The summed E-state index contributed by atoms with van der Waals surface area (Å²) in [6, 6.07) is 4.86. The van der Waals surface area contributed by atoms with Crippen LogP contribution in [0.25, 0.3) is 28.3 Å². The summed E-state index contributed by atoms with van der Waals surface area (Å²) in [5, 5.41) is 8.12. The van der Waals surface area contributed by atoms with Gasteiger partial charge in [-0.3, -0.25) is 9.78 Å². The highest BCUT2D eigenvalue weighted by molar-refractivity contribution is 6.00. The predicted molar refractivity (Wildman–Crippen MR) is 120 cm³/mol. The molecule has 2 aliphatic rings. The van der Waals surface area contributed by atoms with Crippen LogP contribution in [0.15, 0.2) is 36.9 Å². The van der Waals surface area contributed by atoms with Crippen molar-refractivity contribution in [1.82, 2.24) is 34.9 Å². The van der Waals surface area contributed by atoms with Crippen LogP contribution >= 0.6 is 0 Å². The normalized spacial score (nSPS) is 22.5. The number of imidazole rings is 1. The van der Waals surface area contributed by atoms with Crippen molar-refractivity contribution < 1.29 is 4.79 Å². The first-order valence-electron chi connectivity index (χ1n) is 11.0. The fraction of sp³-hybridized carbons (Fsp3) is 0.348. The highest BCUT2D eigenvalue weighted by Gasteiger charge is 2.37. The van der Waals surface area contributed by atoms with Crippen molar-refractivity contribution in [3.8, 4) is 22.6 Å². The standard InChI is InChI=1S/C23H24N8O/c1-12(32)19-20(14-8-15-3-4-16(9-14)29-15)30-23-17(11-28-31(23)21(19)24)13-2-5-18(27-10-13)22-25-6-7-26-22/h2,5-7,10-11,14-16,29H,3-4,8-9,24H2,1H3,(H,25,26)/t14-,15+,16-. The van der Waals surface area contributed by atoms with Gasteiger partial charge in [-0.25, -0.2) is 9.97 Å². The van der Waals surface area contributed by atoms with E-state index in [0.717, 1.165) is 35.4 Å². The molecule has 4 N–H and O–H groups in total. The lowest BCUT2D eigenvalue weighted by atomic mass is 9.86. The van der Waals surface area contributed by atoms with E-state index >= 15 is 0 Å². The van der Waals surface area contributed by atoms with Crippen molar-refractivity contribution in [3.63, 3.8) is 0 Å². The molecule has 2 bridgehead atoms. The molecule has 4 aromatic rings. The number of nitrogens with one attached hydrogen (secondary N) is 2. The minimum atomic E-state index is -0.0701. The van der Waals surface area contributed by atoms with E-state index < -0.39 is 0 Å². The molecule has 32 heavy (non-hydrogen) atoms. The number of nitrogen functional groups attached to an aromatic ring is 1. The van der Waals surface area contributed by atoms with Crippen molar-refractivity contribution >= 4 is 17.2 Å². The number of carbonyl (C=O) groups is 1. The van der Waals surface area contributed by atoms with Crippen LogP contribution in [0.3, 0.4) is 0 Å². The molecule has 0 unspecified atom stereocenters. The summed E-state index contributed by atoms with van der Waals surface area (Å²) in [5.41, 5.74) is 10.9. The molecular weight excluding hydrogens is 404 g/mol. The Morgan fingerprint density at radius 2 is 1.97 bits per heavy atom. The molecule has 2 saturated heterocycles. The number of rotatable bonds is 4. The van der Waals surface area contributed by atoms with Crippen molar-refractivity contribution in [2.45, 2.75) is 50.6 Å². The number of fused-ring (bicyclic) bond motifs is 3. The lowest BCUT2D eigenvalue weighted by molar-refractivity contribution is 0.101. The van der Waals surface area contributed by atoms with E-state index in [0.29, 0.717) is 34.9 Å². The number of pyridine rings is 1. The average molecular weight is 429 g/mol. The first-order valence-corrected chi connectivity index (χ1v) is 11.0. The van der Waals surface area contributed by atoms with E-state index in [1.54, 1.807) is 36.2 Å². The molecule has 4 aromatic heterocycles. The van der Waals surface area contributed by atoms with E-state index in [9.17, 15) is 4.79 Å². The highest BCUT2D eigenvalue weighted by atomic mass is 16.1. The molecule has 0 aromatic carbocycles. The summed E-state index contributed by atoms with van der Waals surface area (Å²) >= 11 is 0. The zero-order valence-electron chi connectivity index (χ0n) is 17.7. The minimum Gasteiger partial charge on any atom is -0.383 e. The lowest BCUT2D eigenvalue weighted by Crippen LogP contribution is -2.38. The smallest absolute Gasteiger partial charge is 0.165 e. The van der Waals surface area contributed by atoms with E-state index in [1.807, 2.05) is 12.1 Å². The summed E-state index contributed by atoms with van der Waals surface area (Å²) in [4.78, 5) is 29.4. The minimum absolute atomic E-state index is 0.0701. The zero-order valence-corrected chi connectivity index (χ0v) is 17.7. The van der Waals surface area contributed by atoms with E-state index in [2.05, 4.69) is 25.4 Å². The van der Waals surface area contributed by atoms with Crippen molar-refractivity contribution in [2.24, 2.45) is 0 Å². The summed E-state index contributed by atoms with van der Waals surface area (Å²) in [6.07, 6.45) is 11.3. The maximum atomic E-state index is 12.6. The SMILES string of the molecule is CC(=O)c1c([C@H]2C[C@H]3CC[C@@H](C2)N3)nc2c(-c3ccc(-c4ncc[nH]4)nc3)cnn2c1N. The van der Waals surface area contributed by atoms with Crippen LogP contribution in [-0.4, -0.2) is 47.4 Å². The number of anilines is 1. The van der Waals surface area contributed by atoms with Crippen LogP contribution in [0.2, 0.25) is 0 Å². The Kier molecular flexibility index (Phi) is 4.32. The number of aromatic nitrogens is 6. The number of carbonyl (C=O) groups excluding carboxylic acids is 1. The van der Waals surface area contributed by atoms with Crippen molar-refractivity contribution in [3.05, 3.63) is 48.2 Å². The van der Waals surface area contributed by atoms with Crippen LogP contribution < -0.4 is 11.1 Å². The molecular formula is C23H24N8O. The molecule has 6 heterocycles. The number of aromatic amines is 1. The first-order chi connectivity index (χ1) is 15.6. The molecule has 2 fully saturated rings. The molecule has 9 nitrogen and oxygen atoms in total. The largest absolute Gasteiger partial charge is 0.383 e. The van der Waals surface area contributed by atoms with Gasteiger partial charge in [0.05, 0.1) is 17.5 Å². The molecule has 0 aliphatic carbocycles. The summed E-state index contributed by atoms with van der Waals surface area (Å²) in [5.74, 6) is 1.21. The van der Waals surface area contributed by atoms with E-state index in [1.165, 1.54) is 12.8 Å². The number of H-pyrrole nitrogens is 1. The number of piperidine rings is 1. The van der Waals surface area contributed by atoms with Crippen molar-refractivity contribution in [1.29, 1.82) is 0 Å². The Bertz CT molecular complexity index is 1300. The topological polar surface area (TPSA) is 127 Å². The number of hydrogen-bond acceptors (Lipinski definition) is 7. The van der Waals surface area contributed by atoms with Gasteiger partial charge in [0.15, 0.2) is 17.3 Å². The molecule has 0 spiro atoms. The third-order valence-corrected chi connectivity index (χ3v) is 6.74. The third kappa shape index (κ3) is 3.00. The van der Waals surface area contributed by atoms with Gasteiger partial charge in [-0.1, -0.05) is 6.07 Å². The first kappa shape index (κ1) is 19.1. The van der Waals surface area contributed by atoms with Gasteiger partial charge in [0.25, 0.3) is 0 Å². The van der Waals surface area contributed by atoms with Gasteiger partial charge < -0.3 is 16.0 Å². The zero-order chi connectivity index (χ0) is 21.8. The molecule has 162 valence electrons. The summed E-state index contributed by atoms with van der Waals surface area (Å²) in [7, 11) is 0. The van der Waals surface area contributed by atoms with E-state index in [-0.39, 0.29) is 11.7 Å². The lowest BCUT2D eigenvalue weighted by Gasteiger charge is -2.30. The Balaban J connectivity index is 1.46. The van der Waals surface area contributed by atoms with Gasteiger partial charge in [-0.2, -0.15) is 9.61 Å². The molecule has 3 atom stereocenters. The van der Waals surface area contributed by atoms with Crippen molar-refractivity contribution in [2.75, 3.05) is 5.73 Å². The molecule has 2 aliphatic heterocycles. The number of hydrogen-bond donors (Lipinski definition) is 3. The number of nitrogens with two attached hydrogens (primary N) is 1. The fourth-order valence-electron chi connectivity index (χ4n) is 5.27. The van der Waals surface area contributed by atoms with Crippen LogP contribution in [0.5, 0.6) is 0 Å². The molecule has 0 radical (unpaired) electrons. The van der Waals surface area contributed by atoms with E-state index in [4.69, 9.17) is 10.7 Å². The highest BCUT2D eigenvalue weighted by Crippen LogP contribution is 2.40. The molecule has 6 rings (SSSR count). The fourth-order valence-corrected chi connectivity index (χ4v) is 5.27. The second kappa shape index (κ2) is 7.23. The monoisotopic (exact) mass is 428 g/mol. The van der Waals surface area contributed by atoms with Crippen LogP contribution in [0.1, 0.15) is 54.6 Å². The molecule has 9 heteroatoms. The Labute approximate surface area is 184 Å². The molecule has 0 saturated carbocycles. The third-order valence-electron chi connectivity index (χ3n) is 6.74. The van der Waals surface area contributed by atoms with Gasteiger partial charge in [-0.15, -0.1) is 0 Å². The number of ketones is 1. The van der Waals surface area contributed by atoms with Gasteiger partial charge >= 0.3 is 0 Å². The quantitative estimate of drug-likeness (QED) is 0.427. The Morgan fingerprint density at radius 3 is 2.62 bits per heavy atom. The summed E-state index contributed by atoms with van der Waals surface area (Å²) in [6.45, 7) is 1.56. The van der Waals surface area contributed by atoms with Crippen LogP contribution in [0, 0.1) is 0 Å². The predicted octanol–water partition coefficient (Wildman–Crippen LogP) is 2.96. The second-order valence-corrected chi connectivity index (χ2v) is 8.78. The van der Waals surface area contributed by atoms with Gasteiger partial charge in [0.2, 0.25) is 0 Å². The summed E-state index contributed by atoms with van der Waals surface area (Å²) < 4.78 is 1.58. The Morgan fingerprint density at radius 1 is 1.16 bits per heavy atom. The number of Topliss-reactive ketones (excluding diaryl/α,β-unsaturated/α-hetero) is 1. The average Bonchev–Trinajstić information content (AvgIpc) is 3.54. The maximum Gasteiger partial charge on any atom is 0.165 e. The second-order valence-electron chi connectivity index (χ2n) is 8.78. The Hall–Kier alpha value is -3.59.